The number of carbonyl (C=O) groups is 3. The largest absolute Gasteiger partial charge is 0.480 e. The molecule has 122 valence electrons. The van der Waals surface area contributed by atoms with Gasteiger partial charge in [0.1, 0.15) is 11.6 Å². The number of unbranched alkanes of at least 4 members (excludes halogenated alkanes) is 2. The predicted molar refractivity (Wildman–Crippen MR) is 77.9 cm³/mol. The normalized spacial score (nSPS) is 12.4. The van der Waals surface area contributed by atoms with E-state index in [1.54, 1.807) is 20.8 Å². The van der Waals surface area contributed by atoms with Crippen LogP contribution in [0.15, 0.2) is 0 Å². The molecule has 0 unspecified atom stereocenters. The molecule has 0 aliphatic carbocycles. The molecule has 1 atom stereocenters. The van der Waals surface area contributed by atoms with E-state index in [0.29, 0.717) is 13.0 Å². The van der Waals surface area contributed by atoms with E-state index in [1.807, 2.05) is 0 Å². The van der Waals surface area contributed by atoms with Crippen molar-refractivity contribution >= 4 is 18.0 Å². The summed E-state index contributed by atoms with van der Waals surface area (Å²) in [7, 11) is 0. The van der Waals surface area contributed by atoms with Gasteiger partial charge in [0.15, 0.2) is 0 Å². The lowest BCUT2D eigenvalue weighted by atomic mass is 10.2. The summed E-state index contributed by atoms with van der Waals surface area (Å²) in [6.45, 7) is 7.29. The first kappa shape index (κ1) is 19.2. The molecule has 3 N–H and O–H groups in total. The van der Waals surface area contributed by atoms with E-state index in [-0.39, 0.29) is 12.3 Å². The molecule has 7 heteroatoms. The van der Waals surface area contributed by atoms with Crippen LogP contribution in [0.25, 0.3) is 0 Å². The fourth-order valence-corrected chi connectivity index (χ4v) is 1.47. The van der Waals surface area contributed by atoms with E-state index < -0.39 is 23.7 Å². The van der Waals surface area contributed by atoms with Crippen LogP contribution in [0, 0.1) is 0 Å². The molecular weight excluding hydrogens is 276 g/mol. The van der Waals surface area contributed by atoms with E-state index in [1.165, 1.54) is 6.92 Å². The topological polar surface area (TPSA) is 105 Å². The number of hydrogen-bond acceptors (Lipinski definition) is 4. The van der Waals surface area contributed by atoms with Crippen molar-refractivity contribution in [3.05, 3.63) is 0 Å². The Labute approximate surface area is 125 Å². The molecule has 0 aromatic heterocycles. The standard InChI is InChI=1S/C14H26N2O5/c1-10(12(18)19)16-11(17)8-6-5-7-9-15-13(20)21-14(2,3)4/h10H,5-9H2,1-4H3,(H,15,20)(H,16,17)(H,18,19)/t10-/m1/s1. The van der Waals surface area contributed by atoms with Crippen LogP contribution in [0.4, 0.5) is 4.79 Å². The third-order valence-electron chi connectivity index (χ3n) is 2.50. The van der Waals surface area contributed by atoms with Gasteiger partial charge in [-0.1, -0.05) is 6.42 Å². The molecule has 21 heavy (non-hydrogen) atoms. The second kappa shape index (κ2) is 9.20. The van der Waals surface area contributed by atoms with Crippen LogP contribution in [0.5, 0.6) is 0 Å². The van der Waals surface area contributed by atoms with Crippen LogP contribution in [0.1, 0.15) is 53.4 Å². The number of amides is 2. The number of carboxylic acid groups (broad SMARTS) is 1. The van der Waals surface area contributed by atoms with E-state index in [2.05, 4.69) is 10.6 Å². The number of carboxylic acids is 1. The zero-order valence-corrected chi connectivity index (χ0v) is 13.2. The molecule has 0 saturated heterocycles. The first-order valence-electron chi connectivity index (χ1n) is 7.11. The lowest BCUT2D eigenvalue weighted by Gasteiger charge is -2.19. The van der Waals surface area contributed by atoms with E-state index in [0.717, 1.165) is 12.8 Å². The minimum absolute atomic E-state index is 0.273. The molecule has 0 aromatic rings. The first-order chi connectivity index (χ1) is 9.61. The Kier molecular flexibility index (Phi) is 8.42. The van der Waals surface area contributed by atoms with E-state index in [9.17, 15) is 14.4 Å². The fraction of sp³-hybridized carbons (Fsp3) is 0.786. The maximum absolute atomic E-state index is 11.4. The maximum atomic E-state index is 11.4. The quantitative estimate of drug-likeness (QED) is 0.591. The average Bonchev–Trinajstić information content (AvgIpc) is 2.31. The third-order valence-corrected chi connectivity index (χ3v) is 2.50. The van der Waals surface area contributed by atoms with Gasteiger partial charge >= 0.3 is 12.1 Å². The summed E-state index contributed by atoms with van der Waals surface area (Å²) in [6, 6.07) is -0.869. The highest BCUT2D eigenvalue weighted by Crippen LogP contribution is 2.06. The summed E-state index contributed by atoms with van der Waals surface area (Å²) in [5.74, 6) is -1.32. The molecule has 7 nitrogen and oxygen atoms in total. The molecule has 0 aliphatic heterocycles. The smallest absolute Gasteiger partial charge is 0.407 e. The van der Waals surface area contributed by atoms with Gasteiger partial charge in [-0.05, 0) is 40.5 Å². The van der Waals surface area contributed by atoms with E-state index >= 15 is 0 Å². The number of ether oxygens (including phenoxy) is 1. The molecule has 0 radical (unpaired) electrons. The highest BCUT2D eigenvalue weighted by Gasteiger charge is 2.15. The van der Waals surface area contributed by atoms with Gasteiger partial charge in [-0.2, -0.15) is 0 Å². The number of nitrogens with one attached hydrogen (secondary N) is 2. The zero-order chi connectivity index (χ0) is 16.5. The minimum atomic E-state index is -1.05. The second-order valence-electron chi connectivity index (χ2n) is 5.87. The van der Waals surface area contributed by atoms with E-state index in [4.69, 9.17) is 9.84 Å². The number of hydrogen-bond donors (Lipinski definition) is 3. The summed E-state index contributed by atoms with van der Waals surface area (Å²) < 4.78 is 5.08. The van der Waals surface area contributed by atoms with Crippen molar-refractivity contribution < 1.29 is 24.2 Å². The summed E-state index contributed by atoms with van der Waals surface area (Å²) in [6.07, 6.45) is 1.99. The molecule has 2 amide bonds. The summed E-state index contributed by atoms with van der Waals surface area (Å²) in [4.78, 5) is 33.3. The van der Waals surface area contributed by atoms with Crippen LogP contribution in [-0.2, 0) is 14.3 Å². The van der Waals surface area contributed by atoms with Gasteiger partial charge < -0.3 is 20.5 Å². The Morgan fingerprint density at radius 2 is 1.76 bits per heavy atom. The zero-order valence-electron chi connectivity index (χ0n) is 13.2. The first-order valence-corrected chi connectivity index (χ1v) is 7.11. The van der Waals surface area contributed by atoms with Crippen molar-refractivity contribution in [2.24, 2.45) is 0 Å². The van der Waals surface area contributed by atoms with Crippen molar-refractivity contribution in [1.29, 1.82) is 0 Å². The highest BCUT2D eigenvalue weighted by molar-refractivity contribution is 5.83. The molecular formula is C14H26N2O5. The Balaban J connectivity index is 3.58. The Bertz CT molecular complexity index is 363. The average molecular weight is 302 g/mol. The van der Waals surface area contributed by atoms with Crippen molar-refractivity contribution in [2.45, 2.75) is 65.0 Å². The number of carbonyl (C=O) groups excluding carboxylic acids is 2. The lowest BCUT2D eigenvalue weighted by molar-refractivity contribution is -0.141. The van der Waals surface area contributed by atoms with Gasteiger partial charge in [-0.3, -0.25) is 9.59 Å². The van der Waals surface area contributed by atoms with Crippen LogP contribution in [0.3, 0.4) is 0 Å². The molecule has 0 heterocycles. The highest BCUT2D eigenvalue weighted by atomic mass is 16.6. The monoisotopic (exact) mass is 302 g/mol. The number of aliphatic carboxylic acids is 1. The van der Waals surface area contributed by atoms with Gasteiger partial charge in [-0.25, -0.2) is 4.79 Å². The molecule has 0 bridgehead atoms. The third kappa shape index (κ3) is 11.7. The summed E-state index contributed by atoms with van der Waals surface area (Å²) in [5, 5.41) is 13.7. The second-order valence-corrected chi connectivity index (χ2v) is 5.87. The molecule has 0 fully saturated rings. The van der Waals surface area contributed by atoms with Crippen LogP contribution in [0.2, 0.25) is 0 Å². The summed E-state index contributed by atoms with van der Waals surface area (Å²) in [5.41, 5.74) is -0.511. The number of alkyl carbamates (subject to hydrolysis) is 1. The minimum Gasteiger partial charge on any atom is -0.480 e. The molecule has 0 aromatic carbocycles. The lowest BCUT2D eigenvalue weighted by Crippen LogP contribution is -2.38. The van der Waals surface area contributed by atoms with Gasteiger partial charge in [0.2, 0.25) is 5.91 Å². The molecule has 0 rings (SSSR count). The van der Waals surface area contributed by atoms with Gasteiger partial charge in [0.05, 0.1) is 0 Å². The van der Waals surface area contributed by atoms with Crippen LogP contribution in [-0.4, -0.2) is 41.3 Å². The fourth-order valence-electron chi connectivity index (χ4n) is 1.47. The van der Waals surface area contributed by atoms with Gasteiger partial charge in [0.25, 0.3) is 0 Å². The van der Waals surface area contributed by atoms with Crippen molar-refractivity contribution in [3.8, 4) is 0 Å². The Morgan fingerprint density at radius 1 is 1.14 bits per heavy atom. The van der Waals surface area contributed by atoms with Crippen LogP contribution < -0.4 is 10.6 Å². The maximum Gasteiger partial charge on any atom is 0.407 e. The van der Waals surface area contributed by atoms with Crippen molar-refractivity contribution in [2.75, 3.05) is 6.54 Å². The van der Waals surface area contributed by atoms with Gasteiger partial charge in [0, 0.05) is 13.0 Å². The van der Waals surface area contributed by atoms with Crippen LogP contribution >= 0.6 is 0 Å². The molecule has 0 aliphatic rings. The van der Waals surface area contributed by atoms with Gasteiger partial charge in [-0.15, -0.1) is 0 Å². The Morgan fingerprint density at radius 3 is 2.29 bits per heavy atom. The van der Waals surface area contributed by atoms with Crippen molar-refractivity contribution in [1.82, 2.24) is 10.6 Å². The molecule has 0 saturated carbocycles. The predicted octanol–water partition coefficient (Wildman–Crippen LogP) is 1.66. The summed E-state index contributed by atoms with van der Waals surface area (Å²) >= 11 is 0. The SMILES string of the molecule is C[C@@H](NC(=O)CCCCCNC(=O)OC(C)(C)C)C(=O)O. The molecule has 0 spiro atoms. The Hall–Kier alpha value is -1.79. The number of rotatable bonds is 8. The van der Waals surface area contributed by atoms with Crippen molar-refractivity contribution in [3.63, 3.8) is 0 Å².